The molecule has 1 unspecified atom stereocenters. The zero-order chi connectivity index (χ0) is 14.6. The number of unbranched alkanes of at least 4 members (excludes halogenated alkanes) is 6. The van der Waals surface area contributed by atoms with E-state index in [1.54, 1.807) is 11.8 Å². The summed E-state index contributed by atoms with van der Waals surface area (Å²) in [5.41, 5.74) is 0. The molecule has 0 fully saturated rings. The van der Waals surface area contributed by atoms with E-state index in [1.165, 1.54) is 38.5 Å². The largest absolute Gasteiger partial charge is 0.419 e. The molecule has 0 spiro atoms. The minimum Gasteiger partial charge on any atom is -0.237 e. The SMILES string of the molecule is CCCCCCCCCSCCCC(F)C(F)(F)F. The van der Waals surface area contributed by atoms with Gasteiger partial charge in [-0.2, -0.15) is 24.9 Å². The van der Waals surface area contributed by atoms with Crippen molar-refractivity contribution in [3.05, 3.63) is 0 Å². The average Bonchev–Trinajstić information content (AvgIpc) is 2.34. The van der Waals surface area contributed by atoms with Gasteiger partial charge >= 0.3 is 6.18 Å². The predicted octanol–water partition coefficient (Wildman–Crippen LogP) is 6.15. The summed E-state index contributed by atoms with van der Waals surface area (Å²) in [5.74, 6) is 1.61. The van der Waals surface area contributed by atoms with E-state index < -0.39 is 18.8 Å². The third-order valence-corrected chi connectivity index (χ3v) is 4.15. The Morgan fingerprint density at radius 2 is 1.37 bits per heavy atom. The van der Waals surface area contributed by atoms with Crippen molar-refractivity contribution in [1.29, 1.82) is 0 Å². The van der Waals surface area contributed by atoms with E-state index in [0.717, 1.165) is 12.2 Å². The number of alkyl halides is 4. The predicted molar refractivity (Wildman–Crippen MR) is 75.5 cm³/mol. The molecule has 0 rings (SSSR count). The maximum absolute atomic E-state index is 12.6. The lowest BCUT2D eigenvalue weighted by atomic mass is 10.1. The van der Waals surface area contributed by atoms with Crippen molar-refractivity contribution in [3.63, 3.8) is 0 Å². The summed E-state index contributed by atoms with van der Waals surface area (Å²) in [6.07, 6.45) is 1.31. The second kappa shape index (κ2) is 11.9. The standard InChI is InChI=1S/C14H26F4S/c1-2-3-4-5-6-7-8-11-19-12-9-10-13(15)14(16,17)18/h13H,2-12H2,1H3. The number of thioether (sulfide) groups is 1. The van der Waals surface area contributed by atoms with Gasteiger partial charge in [0, 0.05) is 0 Å². The van der Waals surface area contributed by atoms with Crippen molar-refractivity contribution in [3.8, 4) is 0 Å². The Kier molecular flexibility index (Phi) is 11.9. The summed E-state index contributed by atoms with van der Waals surface area (Å²) >= 11 is 1.64. The topological polar surface area (TPSA) is 0 Å². The molecule has 0 heterocycles. The van der Waals surface area contributed by atoms with Crippen LogP contribution in [0.4, 0.5) is 17.6 Å². The van der Waals surface area contributed by atoms with Crippen LogP contribution < -0.4 is 0 Å². The first-order valence-corrected chi connectivity index (χ1v) is 8.42. The maximum Gasteiger partial charge on any atom is 0.419 e. The third kappa shape index (κ3) is 12.8. The van der Waals surface area contributed by atoms with Crippen LogP contribution in [-0.4, -0.2) is 23.9 Å². The second-order valence-corrected chi connectivity index (χ2v) is 6.11. The van der Waals surface area contributed by atoms with E-state index >= 15 is 0 Å². The quantitative estimate of drug-likeness (QED) is 0.308. The molecular formula is C14H26F4S. The summed E-state index contributed by atoms with van der Waals surface area (Å²) in [5, 5.41) is 0. The van der Waals surface area contributed by atoms with Crippen LogP contribution in [0.2, 0.25) is 0 Å². The molecule has 0 aliphatic carbocycles. The molecule has 0 aromatic rings. The molecule has 0 radical (unpaired) electrons. The van der Waals surface area contributed by atoms with E-state index in [2.05, 4.69) is 6.92 Å². The Labute approximate surface area is 118 Å². The first-order chi connectivity index (χ1) is 8.98. The number of rotatable bonds is 12. The Balaban J connectivity index is 3.15. The normalized spacial score (nSPS) is 13.7. The lowest BCUT2D eigenvalue weighted by Gasteiger charge is -2.11. The minimum atomic E-state index is -4.68. The van der Waals surface area contributed by atoms with Gasteiger partial charge in [-0.25, -0.2) is 4.39 Å². The van der Waals surface area contributed by atoms with Gasteiger partial charge in [-0.3, -0.25) is 0 Å². The number of hydrogen-bond donors (Lipinski definition) is 0. The molecular weight excluding hydrogens is 276 g/mol. The summed E-state index contributed by atoms with van der Waals surface area (Å²) in [7, 11) is 0. The van der Waals surface area contributed by atoms with Crippen LogP contribution in [0.15, 0.2) is 0 Å². The zero-order valence-electron chi connectivity index (χ0n) is 11.8. The van der Waals surface area contributed by atoms with Gasteiger partial charge in [0.15, 0.2) is 6.17 Å². The summed E-state index contributed by atoms with van der Waals surface area (Å²) in [6, 6.07) is 0. The van der Waals surface area contributed by atoms with Gasteiger partial charge in [-0.05, 0) is 30.8 Å². The molecule has 0 aliphatic rings. The highest BCUT2D eigenvalue weighted by Crippen LogP contribution is 2.26. The lowest BCUT2D eigenvalue weighted by molar-refractivity contribution is -0.181. The Bertz CT molecular complexity index is 194. The van der Waals surface area contributed by atoms with Crippen molar-refractivity contribution in [2.24, 2.45) is 0 Å². The van der Waals surface area contributed by atoms with Gasteiger partial charge in [0.05, 0.1) is 0 Å². The molecule has 0 saturated carbocycles. The first-order valence-electron chi connectivity index (χ1n) is 7.27. The van der Waals surface area contributed by atoms with Gasteiger partial charge < -0.3 is 0 Å². The van der Waals surface area contributed by atoms with Crippen LogP contribution in [0.3, 0.4) is 0 Å². The van der Waals surface area contributed by atoms with Crippen molar-refractivity contribution in [1.82, 2.24) is 0 Å². The fraction of sp³-hybridized carbons (Fsp3) is 1.00. The van der Waals surface area contributed by atoms with Crippen LogP contribution in [0.25, 0.3) is 0 Å². The van der Waals surface area contributed by atoms with Gasteiger partial charge in [0.2, 0.25) is 0 Å². The van der Waals surface area contributed by atoms with Crippen LogP contribution in [-0.2, 0) is 0 Å². The number of halogens is 4. The van der Waals surface area contributed by atoms with Crippen molar-refractivity contribution in [2.45, 2.75) is 77.1 Å². The van der Waals surface area contributed by atoms with Gasteiger partial charge in [-0.1, -0.05) is 45.4 Å². The van der Waals surface area contributed by atoms with E-state index in [9.17, 15) is 17.6 Å². The van der Waals surface area contributed by atoms with Gasteiger partial charge in [-0.15, -0.1) is 0 Å². The molecule has 0 aliphatic heterocycles. The van der Waals surface area contributed by atoms with Crippen LogP contribution >= 0.6 is 11.8 Å². The zero-order valence-corrected chi connectivity index (χ0v) is 12.6. The smallest absolute Gasteiger partial charge is 0.237 e. The van der Waals surface area contributed by atoms with Gasteiger partial charge in [0.25, 0.3) is 0 Å². The molecule has 0 bridgehead atoms. The molecule has 19 heavy (non-hydrogen) atoms. The molecule has 0 saturated heterocycles. The van der Waals surface area contributed by atoms with E-state index in [-0.39, 0.29) is 0 Å². The Morgan fingerprint density at radius 1 is 0.842 bits per heavy atom. The van der Waals surface area contributed by atoms with Crippen LogP contribution in [0.1, 0.15) is 64.7 Å². The molecule has 116 valence electrons. The molecule has 0 aromatic carbocycles. The van der Waals surface area contributed by atoms with Crippen molar-refractivity contribution < 1.29 is 17.6 Å². The molecule has 0 aromatic heterocycles. The Hall–Kier alpha value is 0.0700. The molecule has 0 N–H and O–H groups in total. The van der Waals surface area contributed by atoms with Crippen molar-refractivity contribution in [2.75, 3.05) is 11.5 Å². The average molecular weight is 302 g/mol. The second-order valence-electron chi connectivity index (χ2n) is 4.89. The number of hydrogen-bond acceptors (Lipinski definition) is 1. The fourth-order valence-electron chi connectivity index (χ4n) is 1.79. The summed E-state index contributed by atoms with van der Waals surface area (Å²) < 4.78 is 48.2. The van der Waals surface area contributed by atoms with E-state index in [0.29, 0.717) is 12.2 Å². The Morgan fingerprint density at radius 3 is 1.95 bits per heavy atom. The fourth-order valence-corrected chi connectivity index (χ4v) is 2.77. The van der Waals surface area contributed by atoms with Gasteiger partial charge in [0.1, 0.15) is 0 Å². The lowest BCUT2D eigenvalue weighted by Crippen LogP contribution is -2.24. The van der Waals surface area contributed by atoms with Crippen LogP contribution in [0, 0.1) is 0 Å². The molecule has 5 heteroatoms. The van der Waals surface area contributed by atoms with E-state index in [1.807, 2.05) is 0 Å². The summed E-state index contributed by atoms with van der Waals surface area (Å²) in [4.78, 5) is 0. The highest BCUT2D eigenvalue weighted by molar-refractivity contribution is 7.99. The highest BCUT2D eigenvalue weighted by atomic mass is 32.2. The third-order valence-electron chi connectivity index (χ3n) is 2.99. The van der Waals surface area contributed by atoms with Crippen LogP contribution in [0.5, 0.6) is 0 Å². The molecule has 0 nitrogen and oxygen atoms in total. The summed E-state index contributed by atoms with van der Waals surface area (Å²) in [6.45, 7) is 2.19. The maximum atomic E-state index is 12.6. The van der Waals surface area contributed by atoms with Crippen molar-refractivity contribution >= 4 is 11.8 Å². The minimum absolute atomic E-state index is 0.307. The first kappa shape index (κ1) is 19.1. The highest BCUT2D eigenvalue weighted by Gasteiger charge is 2.39. The monoisotopic (exact) mass is 302 g/mol. The molecule has 0 amide bonds. The van der Waals surface area contributed by atoms with E-state index in [4.69, 9.17) is 0 Å². The molecule has 1 atom stereocenters.